The average molecular weight is 511 g/mol. The van der Waals surface area contributed by atoms with Gasteiger partial charge in [-0.2, -0.15) is 0 Å². The topological polar surface area (TPSA) is 61.4 Å². The molecule has 6 saturated carbocycles. The van der Waals surface area contributed by atoms with Gasteiger partial charge in [-0.25, -0.2) is 4.79 Å². The predicted molar refractivity (Wildman–Crippen MR) is 150 cm³/mol. The van der Waals surface area contributed by atoms with Crippen LogP contribution in [0.2, 0.25) is 0 Å². The fourth-order valence-electron chi connectivity index (χ4n) is 12.0. The molecule has 4 heteroatoms. The number of carbonyl (C=O) groups is 1. The number of rotatable bonds is 3. The molecule has 0 aromatic carbocycles. The first-order valence-corrected chi connectivity index (χ1v) is 15.7. The average Bonchev–Trinajstić information content (AvgIpc) is 3.54. The Morgan fingerprint density at radius 1 is 0.811 bits per heavy atom. The molecule has 0 radical (unpaired) electrons. The molecular weight excluding hydrogens is 456 g/mol. The van der Waals surface area contributed by atoms with E-state index in [4.69, 9.17) is 0 Å². The van der Waals surface area contributed by atoms with E-state index in [1.807, 2.05) is 0 Å². The quantitative estimate of drug-likeness (QED) is 0.351. The number of hydrogen-bond acceptors (Lipinski definition) is 2. The van der Waals surface area contributed by atoms with Gasteiger partial charge < -0.3 is 15.7 Å². The van der Waals surface area contributed by atoms with E-state index in [0.717, 1.165) is 38.0 Å². The molecule has 0 heterocycles. The number of nitrogens with one attached hydrogen (secondary N) is 2. The second-order valence-electron chi connectivity index (χ2n) is 16.1. The van der Waals surface area contributed by atoms with Crippen LogP contribution in [0.3, 0.4) is 0 Å². The van der Waals surface area contributed by atoms with Crippen LogP contribution in [0.1, 0.15) is 119 Å². The van der Waals surface area contributed by atoms with Gasteiger partial charge in [0, 0.05) is 11.6 Å². The lowest BCUT2D eigenvalue weighted by Crippen LogP contribution is -2.69. The van der Waals surface area contributed by atoms with E-state index in [1.54, 1.807) is 0 Å². The van der Waals surface area contributed by atoms with Gasteiger partial charge in [0.05, 0.1) is 6.10 Å². The number of aliphatic hydroxyl groups is 1. The third-order valence-electron chi connectivity index (χ3n) is 14.3. The second-order valence-corrected chi connectivity index (χ2v) is 16.1. The molecule has 0 bridgehead atoms. The minimum Gasteiger partial charge on any atom is -0.393 e. The molecule has 0 saturated heterocycles. The van der Waals surface area contributed by atoms with Crippen molar-refractivity contribution in [3.63, 3.8) is 0 Å². The molecule has 6 aliphatic carbocycles. The van der Waals surface area contributed by atoms with Crippen LogP contribution < -0.4 is 10.6 Å². The van der Waals surface area contributed by atoms with Crippen molar-refractivity contribution < 1.29 is 9.90 Å². The van der Waals surface area contributed by atoms with Crippen LogP contribution in [0.5, 0.6) is 0 Å². The molecule has 0 aromatic heterocycles. The second kappa shape index (κ2) is 8.24. The van der Waals surface area contributed by atoms with Gasteiger partial charge in [-0.05, 0) is 135 Å². The van der Waals surface area contributed by atoms with Gasteiger partial charge in [-0.15, -0.1) is 0 Å². The number of carbonyl (C=O) groups excluding carboxylic acids is 1. The molecule has 37 heavy (non-hydrogen) atoms. The fraction of sp³-hybridized carbons (Fsp3) is 0.909. The Balaban J connectivity index is 1.35. The zero-order valence-electron chi connectivity index (χ0n) is 24.6. The molecule has 0 spiro atoms. The summed E-state index contributed by atoms with van der Waals surface area (Å²) >= 11 is 0. The molecule has 2 amide bonds. The summed E-state index contributed by atoms with van der Waals surface area (Å²) in [4.78, 5) is 13.1. The third-order valence-corrected chi connectivity index (χ3v) is 14.3. The molecule has 6 fully saturated rings. The number of amides is 2. The first kappa shape index (κ1) is 26.2. The molecule has 6 rings (SSSR count). The minimum absolute atomic E-state index is 0.00312. The Hall–Kier alpha value is -1.03. The monoisotopic (exact) mass is 510 g/mol. The van der Waals surface area contributed by atoms with Gasteiger partial charge in [-0.1, -0.05) is 46.8 Å². The summed E-state index contributed by atoms with van der Waals surface area (Å²) in [5.74, 6) is 2.97. The zero-order valence-corrected chi connectivity index (χ0v) is 24.6. The van der Waals surface area contributed by atoms with Gasteiger partial charge in [0.2, 0.25) is 0 Å². The normalized spacial score (nSPS) is 52.2. The van der Waals surface area contributed by atoms with Gasteiger partial charge in [-0.3, -0.25) is 0 Å². The lowest BCUT2D eigenvalue weighted by Gasteiger charge is -2.73. The van der Waals surface area contributed by atoms with E-state index in [0.29, 0.717) is 40.5 Å². The van der Waals surface area contributed by atoms with Crippen molar-refractivity contribution in [2.45, 2.75) is 136 Å². The number of aliphatic hydroxyl groups excluding tert-OH is 1. The molecule has 208 valence electrons. The Kier molecular flexibility index (Phi) is 5.84. The largest absolute Gasteiger partial charge is 0.393 e. The molecular formula is C33H54N2O2. The van der Waals surface area contributed by atoms with Crippen molar-refractivity contribution in [2.75, 3.05) is 0 Å². The van der Waals surface area contributed by atoms with E-state index in [9.17, 15) is 9.90 Å². The van der Waals surface area contributed by atoms with Gasteiger partial charge in [0.1, 0.15) is 0 Å². The number of fused-ring (bicyclic) bond motifs is 7. The molecule has 0 aromatic rings. The van der Waals surface area contributed by atoms with Gasteiger partial charge in [0.25, 0.3) is 0 Å². The van der Waals surface area contributed by atoms with Crippen LogP contribution in [0.25, 0.3) is 0 Å². The van der Waals surface area contributed by atoms with Crippen LogP contribution in [0.4, 0.5) is 4.79 Å². The Bertz CT molecular complexity index is 971. The van der Waals surface area contributed by atoms with E-state index < -0.39 is 0 Å². The first-order chi connectivity index (χ1) is 17.3. The smallest absolute Gasteiger partial charge is 0.315 e. The summed E-state index contributed by atoms with van der Waals surface area (Å²) in [6.07, 6.45) is 14.0. The van der Waals surface area contributed by atoms with E-state index in [1.165, 1.54) is 50.5 Å². The number of allylic oxidation sites excluding steroid dienone is 1. The standard InChI is InChI=1S/C33H54N2O2/c1-20(2)22-12-17-33(35-28(37)34-21-8-9-21)19-18-31(6)23(27(22)33)10-11-25-30(5)15-14-26(36)29(3,4)24(30)13-16-32(25,31)7/h21-27,36H,1,8-19H2,2-7H3,(H2,34,35,37)/t22-,23+,24-,25+,26-,27+,30-,31+,32+,33-/m0/s1. The molecule has 0 aliphatic heterocycles. The maximum absolute atomic E-state index is 13.1. The van der Waals surface area contributed by atoms with E-state index in [2.05, 4.69) is 58.8 Å². The Morgan fingerprint density at radius 3 is 2.22 bits per heavy atom. The highest BCUT2D eigenvalue weighted by Crippen LogP contribution is 2.76. The van der Waals surface area contributed by atoms with E-state index >= 15 is 0 Å². The Morgan fingerprint density at radius 2 is 1.54 bits per heavy atom. The minimum atomic E-state index is -0.167. The first-order valence-electron chi connectivity index (χ1n) is 15.7. The van der Waals surface area contributed by atoms with Crippen molar-refractivity contribution in [3.8, 4) is 0 Å². The third kappa shape index (κ3) is 3.52. The zero-order chi connectivity index (χ0) is 26.6. The predicted octanol–water partition coefficient (Wildman–Crippen LogP) is 7.22. The summed E-state index contributed by atoms with van der Waals surface area (Å²) in [5.41, 5.74) is 2.16. The maximum atomic E-state index is 13.1. The Labute approximate surface area is 226 Å². The summed E-state index contributed by atoms with van der Waals surface area (Å²) in [5, 5.41) is 17.9. The highest BCUT2D eigenvalue weighted by atomic mass is 16.3. The van der Waals surface area contributed by atoms with Crippen LogP contribution >= 0.6 is 0 Å². The van der Waals surface area contributed by atoms with Crippen molar-refractivity contribution in [1.29, 1.82) is 0 Å². The summed E-state index contributed by atoms with van der Waals surface area (Å²) in [7, 11) is 0. The van der Waals surface area contributed by atoms with Crippen molar-refractivity contribution in [3.05, 3.63) is 12.2 Å². The molecule has 0 unspecified atom stereocenters. The van der Waals surface area contributed by atoms with Crippen LogP contribution in [-0.2, 0) is 0 Å². The van der Waals surface area contributed by atoms with Crippen molar-refractivity contribution in [1.82, 2.24) is 10.6 Å². The summed E-state index contributed by atoms with van der Waals surface area (Å²) in [6.45, 7) is 19.4. The van der Waals surface area contributed by atoms with Crippen LogP contribution in [-0.4, -0.2) is 28.8 Å². The maximum Gasteiger partial charge on any atom is 0.315 e. The van der Waals surface area contributed by atoms with Crippen molar-refractivity contribution in [2.24, 2.45) is 51.2 Å². The molecule has 10 atom stereocenters. The van der Waals surface area contributed by atoms with Crippen LogP contribution in [0, 0.1) is 51.2 Å². The summed E-state index contributed by atoms with van der Waals surface area (Å²) in [6, 6.07) is 0.472. The van der Waals surface area contributed by atoms with Gasteiger partial charge >= 0.3 is 6.03 Å². The highest BCUT2D eigenvalue weighted by molar-refractivity contribution is 5.75. The highest BCUT2D eigenvalue weighted by Gasteiger charge is 2.71. The number of hydrogen-bond donors (Lipinski definition) is 3. The van der Waals surface area contributed by atoms with Crippen LogP contribution in [0.15, 0.2) is 12.2 Å². The van der Waals surface area contributed by atoms with Crippen molar-refractivity contribution >= 4 is 6.03 Å². The fourth-order valence-corrected chi connectivity index (χ4v) is 12.0. The summed E-state index contributed by atoms with van der Waals surface area (Å²) < 4.78 is 0. The molecule has 4 nitrogen and oxygen atoms in total. The lowest BCUT2D eigenvalue weighted by molar-refractivity contribution is -0.243. The molecule has 3 N–H and O–H groups in total. The SMILES string of the molecule is C=C(C)[C@@H]1CC[C@]2(NC(=O)NC3CC3)CC[C@]3(C)[C@H](CC[C@@H]4[C@@]5(C)CC[C@H](O)C(C)(C)[C@@H]5CC[C@]43C)[C@@H]12. The van der Waals surface area contributed by atoms with Gasteiger partial charge in [0.15, 0.2) is 0 Å². The van der Waals surface area contributed by atoms with E-state index in [-0.39, 0.29) is 28.5 Å². The number of urea groups is 1. The molecule has 6 aliphatic rings. The lowest BCUT2D eigenvalue weighted by atomic mass is 9.32.